The van der Waals surface area contributed by atoms with Crippen LogP contribution < -0.4 is 15.0 Å². The molecule has 1 saturated carbocycles. The largest absolute Gasteiger partial charge is 0.573 e. The van der Waals surface area contributed by atoms with E-state index in [1.807, 2.05) is 0 Å². The van der Waals surface area contributed by atoms with Crippen LogP contribution in [0, 0.1) is 0 Å². The van der Waals surface area contributed by atoms with Gasteiger partial charge in [0.25, 0.3) is 17.4 Å². The van der Waals surface area contributed by atoms with E-state index in [1.165, 1.54) is 6.92 Å². The van der Waals surface area contributed by atoms with Crippen molar-refractivity contribution in [3.63, 3.8) is 0 Å². The summed E-state index contributed by atoms with van der Waals surface area (Å²) in [5.41, 5.74) is -5.26. The lowest BCUT2D eigenvalue weighted by Gasteiger charge is -2.41. The third-order valence-corrected chi connectivity index (χ3v) is 5.97. The SMILES string of the molecule is CC(C(=O)NC1CCC(F)(F)CC1)(c1cncnc1)N(C(=O)[C@H](F)Cl)c1cccc(OC(F)(F)F)c1. The maximum Gasteiger partial charge on any atom is 0.573 e. The van der Waals surface area contributed by atoms with Crippen molar-refractivity contribution in [1.82, 2.24) is 15.3 Å². The molecule has 1 N–H and O–H groups in total. The predicted octanol–water partition coefficient (Wildman–Crippen LogP) is 4.85. The number of amides is 2. The van der Waals surface area contributed by atoms with Crippen molar-refractivity contribution in [3.05, 3.63) is 48.5 Å². The maximum absolute atomic E-state index is 14.2. The Morgan fingerprint density at radius 2 is 1.81 bits per heavy atom. The number of anilines is 1. The summed E-state index contributed by atoms with van der Waals surface area (Å²) in [5, 5.41) is 2.59. The molecule has 7 nitrogen and oxygen atoms in total. The highest BCUT2D eigenvalue weighted by atomic mass is 35.5. The Morgan fingerprint density at radius 3 is 2.36 bits per heavy atom. The number of nitrogens with one attached hydrogen (secondary N) is 1. The van der Waals surface area contributed by atoms with Gasteiger partial charge in [0.2, 0.25) is 5.92 Å². The van der Waals surface area contributed by atoms with Gasteiger partial charge in [-0.05, 0) is 31.9 Å². The summed E-state index contributed by atoms with van der Waals surface area (Å²) >= 11 is 5.43. The van der Waals surface area contributed by atoms with Crippen molar-refractivity contribution in [2.45, 2.75) is 62.1 Å². The summed E-state index contributed by atoms with van der Waals surface area (Å²) in [6.07, 6.45) is -2.73. The lowest BCUT2D eigenvalue weighted by atomic mass is 9.87. The molecule has 2 aromatic rings. The van der Waals surface area contributed by atoms with E-state index in [1.54, 1.807) is 0 Å². The number of carbonyl (C=O) groups excluding carboxylic acids is 2. The molecule has 0 radical (unpaired) electrons. The second-order valence-electron chi connectivity index (χ2n) is 8.32. The first-order valence-corrected chi connectivity index (χ1v) is 11.1. The number of nitrogens with zero attached hydrogens (tertiary/aromatic N) is 3. The third-order valence-electron chi connectivity index (χ3n) is 5.78. The van der Waals surface area contributed by atoms with Crippen LogP contribution in [0.15, 0.2) is 43.0 Å². The molecule has 0 saturated heterocycles. The zero-order valence-corrected chi connectivity index (χ0v) is 19.5. The predicted molar refractivity (Wildman–Crippen MR) is 116 cm³/mol. The Labute approximate surface area is 206 Å². The fourth-order valence-corrected chi connectivity index (χ4v) is 4.04. The molecule has 1 heterocycles. The zero-order chi connectivity index (χ0) is 26.7. The first kappa shape index (κ1) is 27.5. The lowest BCUT2D eigenvalue weighted by molar-refractivity contribution is -0.274. The van der Waals surface area contributed by atoms with Gasteiger partial charge in [0, 0.05) is 48.6 Å². The molecule has 14 heteroatoms. The van der Waals surface area contributed by atoms with Crippen molar-refractivity contribution in [1.29, 1.82) is 0 Å². The van der Waals surface area contributed by atoms with Crippen LogP contribution in [0.3, 0.4) is 0 Å². The van der Waals surface area contributed by atoms with Crippen LogP contribution in [-0.2, 0) is 15.1 Å². The number of carbonyl (C=O) groups is 2. The summed E-state index contributed by atoms with van der Waals surface area (Å²) in [4.78, 5) is 34.8. The molecule has 1 aromatic heterocycles. The van der Waals surface area contributed by atoms with Crippen molar-refractivity contribution in [2.75, 3.05) is 4.90 Å². The van der Waals surface area contributed by atoms with Gasteiger partial charge >= 0.3 is 6.36 Å². The summed E-state index contributed by atoms with van der Waals surface area (Å²) in [7, 11) is 0. The van der Waals surface area contributed by atoms with E-state index in [-0.39, 0.29) is 24.1 Å². The fourth-order valence-electron chi connectivity index (χ4n) is 3.95. The minimum atomic E-state index is -5.07. The molecular weight excluding hydrogens is 518 g/mol. The van der Waals surface area contributed by atoms with Gasteiger partial charge in [-0.25, -0.2) is 23.1 Å². The van der Waals surface area contributed by atoms with E-state index in [0.717, 1.165) is 43.0 Å². The average Bonchev–Trinajstić information content (AvgIpc) is 2.80. The second-order valence-corrected chi connectivity index (χ2v) is 8.71. The molecular formula is C22H21ClF6N4O3. The number of alkyl halides is 7. The topological polar surface area (TPSA) is 84.4 Å². The highest BCUT2D eigenvalue weighted by Crippen LogP contribution is 2.38. The lowest BCUT2D eigenvalue weighted by Crippen LogP contribution is -2.60. The number of benzene rings is 1. The van der Waals surface area contributed by atoms with E-state index in [2.05, 4.69) is 20.0 Å². The van der Waals surface area contributed by atoms with Crippen LogP contribution >= 0.6 is 11.6 Å². The smallest absolute Gasteiger partial charge is 0.406 e. The summed E-state index contributed by atoms with van der Waals surface area (Å²) in [5.74, 6) is -6.03. The molecule has 2 atom stereocenters. The van der Waals surface area contributed by atoms with Crippen molar-refractivity contribution in [3.8, 4) is 5.75 Å². The fraction of sp³-hybridized carbons (Fsp3) is 0.455. The van der Waals surface area contributed by atoms with E-state index >= 15 is 0 Å². The van der Waals surface area contributed by atoms with Gasteiger partial charge in [-0.15, -0.1) is 13.2 Å². The number of hydrogen-bond donors (Lipinski definition) is 1. The van der Waals surface area contributed by atoms with E-state index in [0.29, 0.717) is 4.90 Å². The highest BCUT2D eigenvalue weighted by molar-refractivity contribution is 6.32. The van der Waals surface area contributed by atoms with Crippen LogP contribution in [-0.4, -0.2) is 45.7 Å². The summed E-state index contributed by atoms with van der Waals surface area (Å²) in [6, 6.07) is 3.27. The minimum absolute atomic E-state index is 0.0450. The van der Waals surface area contributed by atoms with Gasteiger partial charge in [0.1, 0.15) is 12.1 Å². The van der Waals surface area contributed by atoms with Crippen molar-refractivity contribution < 1.29 is 40.7 Å². The molecule has 1 aliphatic rings. The van der Waals surface area contributed by atoms with Crippen LogP contribution in [0.4, 0.5) is 32.0 Å². The zero-order valence-electron chi connectivity index (χ0n) is 18.7. The van der Waals surface area contributed by atoms with Gasteiger partial charge < -0.3 is 10.1 Å². The van der Waals surface area contributed by atoms with Gasteiger partial charge in [0.05, 0.1) is 0 Å². The molecule has 2 amide bonds. The summed E-state index contributed by atoms with van der Waals surface area (Å²) in [6.45, 7) is 1.19. The van der Waals surface area contributed by atoms with Gasteiger partial charge in [0.15, 0.2) is 5.54 Å². The minimum Gasteiger partial charge on any atom is -0.406 e. The third kappa shape index (κ3) is 6.37. The van der Waals surface area contributed by atoms with Crippen LogP contribution in [0.25, 0.3) is 0 Å². The van der Waals surface area contributed by atoms with E-state index < -0.39 is 59.9 Å². The quantitative estimate of drug-likeness (QED) is 0.402. The molecule has 0 spiro atoms. The number of hydrogen-bond acceptors (Lipinski definition) is 5. The Kier molecular flexibility index (Phi) is 8.01. The molecule has 1 aliphatic carbocycles. The Balaban J connectivity index is 2.09. The molecule has 196 valence electrons. The number of rotatable bonds is 7. The number of aromatic nitrogens is 2. The molecule has 1 fully saturated rings. The Morgan fingerprint density at radius 1 is 1.19 bits per heavy atom. The average molecular weight is 539 g/mol. The van der Waals surface area contributed by atoms with Crippen molar-refractivity contribution in [2.24, 2.45) is 0 Å². The number of halogens is 7. The van der Waals surface area contributed by atoms with Gasteiger partial charge in [-0.2, -0.15) is 0 Å². The van der Waals surface area contributed by atoms with E-state index in [4.69, 9.17) is 11.6 Å². The van der Waals surface area contributed by atoms with Gasteiger partial charge in [-0.1, -0.05) is 17.7 Å². The molecule has 3 rings (SSSR count). The standard InChI is InChI=1S/C22H21ClF6N4O3/c1-20(13-10-30-12-31-11-13,19(35)32-14-5-7-21(25,26)8-6-14)33(18(34)17(23)24)15-3-2-4-16(9-15)36-22(27,28)29/h2-4,9-12,14,17H,5-8H2,1H3,(H,32,35)/t17-,20?/m0/s1. The normalized spacial score (nSPS) is 18.6. The molecule has 1 unspecified atom stereocenters. The second kappa shape index (κ2) is 10.5. The Bertz CT molecular complexity index is 1080. The first-order chi connectivity index (χ1) is 16.7. The van der Waals surface area contributed by atoms with Crippen molar-refractivity contribution >= 4 is 29.1 Å². The Hall–Kier alpha value is -3.09. The first-order valence-electron chi connectivity index (χ1n) is 10.7. The monoisotopic (exact) mass is 538 g/mol. The maximum atomic E-state index is 14.2. The van der Waals surface area contributed by atoms with Crippen LogP contribution in [0.1, 0.15) is 38.2 Å². The molecule has 0 aliphatic heterocycles. The molecule has 0 bridgehead atoms. The molecule has 1 aromatic carbocycles. The van der Waals surface area contributed by atoms with Gasteiger partial charge in [-0.3, -0.25) is 14.5 Å². The summed E-state index contributed by atoms with van der Waals surface area (Å²) < 4.78 is 83.6. The van der Waals surface area contributed by atoms with Crippen LogP contribution in [0.2, 0.25) is 0 Å². The highest BCUT2D eigenvalue weighted by Gasteiger charge is 2.48. The van der Waals surface area contributed by atoms with Crippen LogP contribution in [0.5, 0.6) is 5.75 Å². The number of ether oxygens (including phenoxy) is 1. The molecule has 36 heavy (non-hydrogen) atoms. The van der Waals surface area contributed by atoms with E-state index in [9.17, 15) is 35.9 Å².